The Morgan fingerprint density at radius 1 is 1.73 bits per heavy atom. The van der Waals surface area contributed by atoms with Gasteiger partial charge in [-0.1, -0.05) is 6.92 Å². The van der Waals surface area contributed by atoms with Crippen LogP contribution in [0.15, 0.2) is 11.6 Å². The molecule has 1 aliphatic rings. The molecule has 1 saturated carbocycles. The predicted octanol–water partition coefficient (Wildman–Crippen LogP) is 1.63. The molecule has 0 aromatic carbocycles. The summed E-state index contributed by atoms with van der Waals surface area (Å²) in [6.45, 7) is 2.08. The molecule has 2 nitrogen and oxygen atoms in total. The Hall–Kier alpha value is -0.410. The SMILES string of the molecule is CC1C(O)CC1c1nccs1. The summed E-state index contributed by atoms with van der Waals surface area (Å²) in [5, 5.41) is 12.4. The molecule has 0 spiro atoms. The van der Waals surface area contributed by atoms with Crippen LogP contribution in [-0.4, -0.2) is 16.2 Å². The van der Waals surface area contributed by atoms with Crippen molar-refractivity contribution in [1.82, 2.24) is 4.98 Å². The highest BCUT2D eigenvalue weighted by Gasteiger charge is 2.38. The number of rotatable bonds is 1. The standard InChI is InChI=1S/C8H11NOS/c1-5-6(4-7(5)10)8-9-2-3-11-8/h2-3,5-7,10H,4H2,1H3. The summed E-state index contributed by atoms with van der Waals surface area (Å²) in [6, 6.07) is 0. The Balaban J connectivity index is 2.10. The molecule has 1 aliphatic carbocycles. The van der Waals surface area contributed by atoms with Gasteiger partial charge < -0.3 is 5.11 Å². The molecule has 60 valence electrons. The van der Waals surface area contributed by atoms with Gasteiger partial charge in [0, 0.05) is 17.5 Å². The van der Waals surface area contributed by atoms with Crippen LogP contribution in [0.2, 0.25) is 0 Å². The summed E-state index contributed by atoms with van der Waals surface area (Å²) in [4.78, 5) is 4.23. The van der Waals surface area contributed by atoms with Crippen molar-refractivity contribution in [3.05, 3.63) is 16.6 Å². The monoisotopic (exact) mass is 169 g/mol. The molecule has 1 heterocycles. The first kappa shape index (κ1) is 7.25. The predicted molar refractivity (Wildman–Crippen MR) is 44.6 cm³/mol. The first-order chi connectivity index (χ1) is 5.29. The fourth-order valence-electron chi connectivity index (χ4n) is 1.51. The van der Waals surface area contributed by atoms with E-state index in [1.807, 2.05) is 11.6 Å². The minimum absolute atomic E-state index is 0.0936. The number of aromatic nitrogens is 1. The Kier molecular flexibility index (Phi) is 1.69. The van der Waals surface area contributed by atoms with Gasteiger partial charge in [0.2, 0.25) is 0 Å². The minimum Gasteiger partial charge on any atom is -0.393 e. The van der Waals surface area contributed by atoms with Gasteiger partial charge in [0.15, 0.2) is 0 Å². The first-order valence-electron chi connectivity index (χ1n) is 3.86. The van der Waals surface area contributed by atoms with Gasteiger partial charge in [-0.15, -0.1) is 11.3 Å². The summed E-state index contributed by atoms with van der Waals surface area (Å²) in [5.74, 6) is 0.922. The second-order valence-corrected chi connectivity index (χ2v) is 4.07. The van der Waals surface area contributed by atoms with Crippen LogP contribution in [-0.2, 0) is 0 Å². The van der Waals surface area contributed by atoms with Crippen molar-refractivity contribution in [2.75, 3.05) is 0 Å². The lowest BCUT2D eigenvalue weighted by Gasteiger charge is -2.37. The molecule has 1 aromatic heterocycles. The third-order valence-electron chi connectivity index (χ3n) is 2.51. The van der Waals surface area contributed by atoms with Gasteiger partial charge >= 0.3 is 0 Å². The zero-order valence-electron chi connectivity index (χ0n) is 6.40. The summed E-state index contributed by atoms with van der Waals surface area (Å²) in [5.41, 5.74) is 0. The molecule has 11 heavy (non-hydrogen) atoms. The molecule has 3 atom stereocenters. The molecule has 1 aromatic rings. The molecule has 1 fully saturated rings. The van der Waals surface area contributed by atoms with Crippen LogP contribution in [0.25, 0.3) is 0 Å². The maximum Gasteiger partial charge on any atom is 0.0960 e. The van der Waals surface area contributed by atoms with E-state index in [0.29, 0.717) is 11.8 Å². The van der Waals surface area contributed by atoms with Crippen molar-refractivity contribution in [2.45, 2.75) is 25.4 Å². The lowest BCUT2D eigenvalue weighted by Crippen LogP contribution is -2.37. The Morgan fingerprint density at radius 3 is 3.00 bits per heavy atom. The smallest absolute Gasteiger partial charge is 0.0960 e. The third-order valence-corrected chi connectivity index (χ3v) is 3.41. The van der Waals surface area contributed by atoms with Gasteiger partial charge in [0.25, 0.3) is 0 Å². The zero-order chi connectivity index (χ0) is 7.84. The van der Waals surface area contributed by atoms with E-state index in [0.717, 1.165) is 6.42 Å². The normalized spacial score (nSPS) is 36.7. The Morgan fingerprint density at radius 2 is 2.55 bits per heavy atom. The third kappa shape index (κ3) is 1.08. The quantitative estimate of drug-likeness (QED) is 0.693. The number of thiazole rings is 1. The van der Waals surface area contributed by atoms with Crippen molar-refractivity contribution in [1.29, 1.82) is 0 Å². The van der Waals surface area contributed by atoms with Crippen molar-refractivity contribution in [3.63, 3.8) is 0 Å². The van der Waals surface area contributed by atoms with E-state index in [-0.39, 0.29) is 6.10 Å². The minimum atomic E-state index is -0.0936. The first-order valence-corrected chi connectivity index (χ1v) is 4.74. The van der Waals surface area contributed by atoms with Crippen LogP contribution in [0.4, 0.5) is 0 Å². The van der Waals surface area contributed by atoms with Crippen LogP contribution in [0, 0.1) is 5.92 Å². The van der Waals surface area contributed by atoms with Crippen molar-refractivity contribution >= 4 is 11.3 Å². The van der Waals surface area contributed by atoms with E-state index < -0.39 is 0 Å². The molecule has 1 N–H and O–H groups in total. The molecule has 0 radical (unpaired) electrons. The summed E-state index contributed by atoms with van der Waals surface area (Å²) in [6.07, 6.45) is 2.63. The van der Waals surface area contributed by atoms with Gasteiger partial charge in [0.05, 0.1) is 11.1 Å². The van der Waals surface area contributed by atoms with Crippen LogP contribution in [0.3, 0.4) is 0 Å². The fourth-order valence-corrected chi connectivity index (χ4v) is 2.37. The van der Waals surface area contributed by atoms with Gasteiger partial charge in [-0.3, -0.25) is 0 Å². The average molecular weight is 169 g/mol. The molecule has 0 saturated heterocycles. The molecule has 3 heteroatoms. The van der Waals surface area contributed by atoms with Gasteiger partial charge in [-0.25, -0.2) is 4.98 Å². The highest BCUT2D eigenvalue weighted by atomic mass is 32.1. The van der Waals surface area contributed by atoms with Crippen molar-refractivity contribution in [2.24, 2.45) is 5.92 Å². The molecule has 3 unspecified atom stereocenters. The van der Waals surface area contributed by atoms with E-state index in [9.17, 15) is 5.11 Å². The summed E-state index contributed by atoms with van der Waals surface area (Å²) in [7, 11) is 0. The van der Waals surface area contributed by atoms with Gasteiger partial charge in [0.1, 0.15) is 0 Å². The van der Waals surface area contributed by atoms with Crippen LogP contribution in [0.1, 0.15) is 24.3 Å². The molecule has 0 bridgehead atoms. The highest BCUT2D eigenvalue weighted by molar-refractivity contribution is 7.09. The maximum absolute atomic E-state index is 9.26. The second-order valence-electron chi connectivity index (χ2n) is 3.14. The second kappa shape index (κ2) is 2.57. The van der Waals surface area contributed by atoms with Crippen molar-refractivity contribution in [3.8, 4) is 0 Å². The molecular formula is C8H11NOS. The number of hydrogen-bond donors (Lipinski definition) is 1. The number of aliphatic hydroxyl groups is 1. The number of hydrogen-bond acceptors (Lipinski definition) is 3. The van der Waals surface area contributed by atoms with Gasteiger partial charge in [-0.05, 0) is 12.3 Å². The van der Waals surface area contributed by atoms with Crippen LogP contribution in [0.5, 0.6) is 0 Å². The molecule has 0 amide bonds. The number of aliphatic hydroxyl groups excluding tert-OH is 1. The van der Waals surface area contributed by atoms with E-state index in [1.54, 1.807) is 11.3 Å². The molecule has 2 rings (SSSR count). The van der Waals surface area contributed by atoms with Crippen LogP contribution < -0.4 is 0 Å². The van der Waals surface area contributed by atoms with E-state index in [1.165, 1.54) is 5.01 Å². The summed E-state index contributed by atoms with van der Waals surface area (Å²) < 4.78 is 0. The molecular weight excluding hydrogens is 158 g/mol. The van der Waals surface area contributed by atoms with Crippen molar-refractivity contribution < 1.29 is 5.11 Å². The van der Waals surface area contributed by atoms with E-state index in [4.69, 9.17) is 0 Å². The molecule has 0 aliphatic heterocycles. The number of nitrogens with zero attached hydrogens (tertiary/aromatic N) is 1. The lowest BCUT2D eigenvalue weighted by atomic mass is 9.73. The van der Waals surface area contributed by atoms with Crippen LogP contribution >= 0.6 is 11.3 Å². The largest absolute Gasteiger partial charge is 0.393 e. The Labute approximate surface area is 69.9 Å². The average Bonchev–Trinajstić information content (AvgIpc) is 2.51. The van der Waals surface area contributed by atoms with E-state index >= 15 is 0 Å². The zero-order valence-corrected chi connectivity index (χ0v) is 7.21. The fraction of sp³-hybridized carbons (Fsp3) is 0.625. The Bertz CT molecular complexity index is 234. The summed E-state index contributed by atoms with van der Waals surface area (Å²) >= 11 is 1.69. The maximum atomic E-state index is 9.26. The van der Waals surface area contributed by atoms with Gasteiger partial charge in [-0.2, -0.15) is 0 Å². The topological polar surface area (TPSA) is 33.1 Å². The highest BCUT2D eigenvalue weighted by Crippen LogP contribution is 2.42. The lowest BCUT2D eigenvalue weighted by molar-refractivity contribution is 0.0116. The van der Waals surface area contributed by atoms with E-state index in [2.05, 4.69) is 11.9 Å².